The van der Waals surface area contributed by atoms with Crippen LogP contribution in [0.4, 0.5) is 8.78 Å². The van der Waals surface area contributed by atoms with Crippen molar-refractivity contribution in [3.8, 4) is 0 Å². The van der Waals surface area contributed by atoms with E-state index in [2.05, 4.69) is 15.3 Å². The highest BCUT2D eigenvalue weighted by Crippen LogP contribution is 2.27. The molecule has 0 saturated carbocycles. The van der Waals surface area contributed by atoms with Crippen LogP contribution in [-0.2, 0) is 4.74 Å². The molecule has 0 saturated heterocycles. The molecule has 1 atom stereocenters. The zero-order chi connectivity index (χ0) is 16.2. The van der Waals surface area contributed by atoms with Gasteiger partial charge in [-0.1, -0.05) is 18.2 Å². The molecule has 3 rings (SSSR count). The first kappa shape index (κ1) is 15.4. The van der Waals surface area contributed by atoms with Crippen molar-refractivity contribution < 1.29 is 13.5 Å². The zero-order valence-electron chi connectivity index (χ0n) is 12.7. The van der Waals surface area contributed by atoms with E-state index in [0.29, 0.717) is 25.7 Å². The number of aromatic nitrogens is 1. The van der Waals surface area contributed by atoms with Gasteiger partial charge in [0.2, 0.25) is 0 Å². The molecule has 6 heteroatoms. The van der Waals surface area contributed by atoms with Crippen molar-refractivity contribution in [2.75, 3.05) is 19.7 Å². The van der Waals surface area contributed by atoms with E-state index in [1.807, 2.05) is 13.0 Å². The van der Waals surface area contributed by atoms with Gasteiger partial charge in [-0.25, -0.2) is 13.8 Å². The molecule has 0 fully saturated rings. The fourth-order valence-electron chi connectivity index (χ4n) is 2.60. The minimum Gasteiger partial charge on any atom is -0.463 e. The van der Waals surface area contributed by atoms with E-state index in [9.17, 15) is 8.78 Å². The van der Waals surface area contributed by atoms with E-state index in [1.54, 1.807) is 18.5 Å². The Hall–Kier alpha value is -2.50. The molecule has 1 aliphatic heterocycles. The first-order chi connectivity index (χ1) is 11.1. The summed E-state index contributed by atoms with van der Waals surface area (Å²) in [4.78, 5) is 8.31. The number of amidine groups is 1. The maximum absolute atomic E-state index is 14.3. The van der Waals surface area contributed by atoms with E-state index < -0.39 is 17.6 Å². The number of hydrogen-bond acceptors (Lipinski definition) is 4. The van der Waals surface area contributed by atoms with Gasteiger partial charge in [0.25, 0.3) is 6.02 Å². The molecule has 2 heterocycles. The number of aliphatic imine (C=N–C) groups is 1. The molecule has 4 nitrogen and oxygen atoms in total. The van der Waals surface area contributed by atoms with E-state index in [0.717, 1.165) is 17.2 Å². The highest BCUT2D eigenvalue weighted by molar-refractivity contribution is 5.74. The topological polar surface area (TPSA) is 46.5 Å². The van der Waals surface area contributed by atoms with Crippen LogP contribution >= 0.6 is 0 Å². The quantitative estimate of drug-likeness (QED) is 0.943. The predicted octanol–water partition coefficient (Wildman–Crippen LogP) is 2.78. The molecule has 0 spiro atoms. The minimum absolute atomic E-state index is 0.281. The molecule has 0 amide bonds. The summed E-state index contributed by atoms with van der Waals surface area (Å²) in [5.41, 5.74) is 2.04. The van der Waals surface area contributed by atoms with Crippen LogP contribution in [0.2, 0.25) is 0 Å². The molecular weight excluding hydrogens is 300 g/mol. The van der Waals surface area contributed by atoms with Crippen molar-refractivity contribution >= 4 is 6.02 Å². The van der Waals surface area contributed by atoms with Crippen molar-refractivity contribution in [1.82, 2.24) is 10.3 Å². The predicted molar refractivity (Wildman–Crippen MR) is 83.4 cm³/mol. The summed E-state index contributed by atoms with van der Waals surface area (Å²) < 4.78 is 33.2. The van der Waals surface area contributed by atoms with Crippen LogP contribution in [0, 0.1) is 18.6 Å². The summed E-state index contributed by atoms with van der Waals surface area (Å²) in [7, 11) is 0. The van der Waals surface area contributed by atoms with E-state index >= 15 is 0 Å². The summed E-state index contributed by atoms with van der Waals surface area (Å²) in [6.45, 7) is 3.39. The lowest BCUT2D eigenvalue weighted by Crippen LogP contribution is -2.29. The summed E-state index contributed by atoms with van der Waals surface area (Å²) >= 11 is 0. The number of halogens is 2. The third kappa shape index (κ3) is 3.47. The molecule has 0 aliphatic carbocycles. The Bertz CT molecular complexity index is 734. The van der Waals surface area contributed by atoms with E-state index in [1.165, 1.54) is 6.07 Å². The molecule has 0 bridgehead atoms. The van der Waals surface area contributed by atoms with Crippen molar-refractivity contribution in [1.29, 1.82) is 0 Å². The standard InChI is InChI=1S/C17H17F2N3O/c1-11-7-12(9-20-8-11)14(10-22-17-21-5-6-23-17)13-3-2-4-15(18)16(13)19/h2-4,7-9,14H,5-6,10H2,1H3,(H,21,22). The number of nitrogens with one attached hydrogen (secondary N) is 1. The van der Waals surface area contributed by atoms with Crippen molar-refractivity contribution in [3.05, 3.63) is 65.0 Å². The fourth-order valence-corrected chi connectivity index (χ4v) is 2.60. The first-order valence-electron chi connectivity index (χ1n) is 7.41. The third-order valence-corrected chi connectivity index (χ3v) is 3.70. The Morgan fingerprint density at radius 1 is 1.30 bits per heavy atom. The lowest BCUT2D eigenvalue weighted by atomic mass is 9.91. The van der Waals surface area contributed by atoms with Gasteiger partial charge in [0, 0.05) is 30.4 Å². The van der Waals surface area contributed by atoms with Gasteiger partial charge in [-0.2, -0.15) is 0 Å². The van der Waals surface area contributed by atoms with Crippen LogP contribution in [0.25, 0.3) is 0 Å². The highest BCUT2D eigenvalue weighted by Gasteiger charge is 2.22. The Balaban J connectivity index is 1.93. The smallest absolute Gasteiger partial charge is 0.284 e. The molecule has 120 valence electrons. The molecule has 1 unspecified atom stereocenters. The SMILES string of the molecule is Cc1cncc(C(CNC2=NCCO2)c2cccc(F)c2F)c1. The molecular formula is C17H17F2N3O. The molecule has 1 aromatic carbocycles. The van der Waals surface area contributed by atoms with Gasteiger partial charge in [0.05, 0.1) is 6.54 Å². The monoisotopic (exact) mass is 317 g/mol. The number of pyridine rings is 1. The van der Waals surface area contributed by atoms with Crippen molar-refractivity contribution in [2.45, 2.75) is 12.8 Å². The average Bonchev–Trinajstić information content (AvgIpc) is 3.05. The number of aryl methyl sites for hydroxylation is 1. The number of hydrogen-bond donors (Lipinski definition) is 1. The number of benzene rings is 1. The van der Waals surface area contributed by atoms with Gasteiger partial charge in [0.1, 0.15) is 6.61 Å². The van der Waals surface area contributed by atoms with Crippen molar-refractivity contribution in [2.24, 2.45) is 4.99 Å². The molecule has 1 aromatic heterocycles. The fraction of sp³-hybridized carbons (Fsp3) is 0.294. The minimum atomic E-state index is -0.859. The second kappa shape index (κ2) is 6.73. The zero-order valence-corrected chi connectivity index (χ0v) is 12.7. The first-order valence-corrected chi connectivity index (χ1v) is 7.41. The summed E-state index contributed by atoms with van der Waals surface area (Å²) in [6, 6.07) is 6.56. The van der Waals surface area contributed by atoms with Gasteiger partial charge in [-0.15, -0.1) is 0 Å². The molecule has 1 N–H and O–H groups in total. The van der Waals surface area contributed by atoms with Crippen LogP contribution < -0.4 is 5.32 Å². The lowest BCUT2D eigenvalue weighted by molar-refractivity contribution is 0.331. The van der Waals surface area contributed by atoms with Crippen molar-refractivity contribution in [3.63, 3.8) is 0 Å². The summed E-state index contributed by atoms with van der Waals surface area (Å²) in [5, 5.41) is 3.06. The summed E-state index contributed by atoms with van der Waals surface area (Å²) in [5.74, 6) is -2.09. The number of ether oxygens (including phenoxy) is 1. The largest absolute Gasteiger partial charge is 0.463 e. The Kier molecular flexibility index (Phi) is 4.50. The normalized spacial score (nSPS) is 15.0. The van der Waals surface area contributed by atoms with Gasteiger partial charge >= 0.3 is 0 Å². The van der Waals surface area contributed by atoms with Crippen LogP contribution in [0.15, 0.2) is 41.7 Å². The van der Waals surface area contributed by atoms with E-state index in [4.69, 9.17) is 4.74 Å². The molecule has 0 radical (unpaired) electrons. The molecule has 1 aliphatic rings. The maximum atomic E-state index is 14.3. The van der Waals surface area contributed by atoms with Gasteiger partial charge < -0.3 is 10.1 Å². The van der Waals surface area contributed by atoms with Crippen LogP contribution in [0.5, 0.6) is 0 Å². The highest BCUT2D eigenvalue weighted by atomic mass is 19.2. The van der Waals surface area contributed by atoms with Crippen LogP contribution in [0.1, 0.15) is 22.6 Å². The Morgan fingerprint density at radius 3 is 2.91 bits per heavy atom. The van der Waals surface area contributed by atoms with Crippen LogP contribution in [-0.4, -0.2) is 30.7 Å². The van der Waals surface area contributed by atoms with Gasteiger partial charge in [0.15, 0.2) is 11.6 Å². The number of nitrogens with zero attached hydrogens (tertiary/aromatic N) is 2. The number of rotatable bonds is 4. The molecule has 2 aromatic rings. The molecule has 23 heavy (non-hydrogen) atoms. The average molecular weight is 317 g/mol. The maximum Gasteiger partial charge on any atom is 0.284 e. The van der Waals surface area contributed by atoms with Gasteiger partial charge in [-0.05, 0) is 24.1 Å². The van der Waals surface area contributed by atoms with Gasteiger partial charge in [-0.3, -0.25) is 4.98 Å². The summed E-state index contributed by atoms with van der Waals surface area (Å²) in [6.07, 6.45) is 3.39. The Labute approximate surface area is 133 Å². The van der Waals surface area contributed by atoms with Crippen LogP contribution in [0.3, 0.4) is 0 Å². The Morgan fingerprint density at radius 2 is 2.17 bits per heavy atom. The second-order valence-electron chi connectivity index (χ2n) is 5.41. The third-order valence-electron chi connectivity index (χ3n) is 3.70. The van der Waals surface area contributed by atoms with E-state index in [-0.39, 0.29) is 5.56 Å². The lowest BCUT2D eigenvalue weighted by Gasteiger charge is -2.20. The second-order valence-corrected chi connectivity index (χ2v) is 5.41.